The van der Waals surface area contributed by atoms with Crippen molar-refractivity contribution in [2.45, 2.75) is 12.5 Å². The molecule has 0 aromatic carbocycles. The highest BCUT2D eigenvalue weighted by Gasteiger charge is 2.07. The van der Waals surface area contributed by atoms with E-state index in [1.165, 1.54) is 0 Å². The predicted molar refractivity (Wildman–Crippen MR) is 28.0 cm³/mol. The number of hydrogen-bond donors (Lipinski definition) is 4. The van der Waals surface area contributed by atoms with Gasteiger partial charge in [0.1, 0.15) is 0 Å². The van der Waals surface area contributed by atoms with Crippen LogP contribution in [0.15, 0.2) is 0 Å². The van der Waals surface area contributed by atoms with Crippen LogP contribution in [0.1, 0.15) is 6.42 Å². The zero-order valence-electron chi connectivity index (χ0n) is 4.74. The summed E-state index contributed by atoms with van der Waals surface area (Å²) in [6, 6.07) is 0. The van der Waals surface area contributed by atoms with Crippen molar-refractivity contribution in [1.82, 2.24) is 5.48 Å². The molecule has 0 spiro atoms. The van der Waals surface area contributed by atoms with Crippen LogP contribution in [0, 0.1) is 0 Å². The Morgan fingerprint density at radius 1 is 1.67 bits per heavy atom. The number of carboxylic acid groups (broad SMARTS) is 1. The van der Waals surface area contributed by atoms with E-state index in [2.05, 4.69) is 0 Å². The first-order valence-corrected chi connectivity index (χ1v) is 2.43. The van der Waals surface area contributed by atoms with E-state index in [0.29, 0.717) is 0 Å². The standard InChI is InChI=1S/C4H9NO4/c6-3(2-5-9)1-4(7)8/h3,5-6,9H,1-2H2,(H,7,8). The third kappa shape index (κ3) is 5.22. The molecule has 0 aliphatic carbocycles. The van der Waals surface area contributed by atoms with Gasteiger partial charge in [0, 0.05) is 6.54 Å². The molecule has 0 aromatic heterocycles. The van der Waals surface area contributed by atoms with E-state index in [9.17, 15) is 4.79 Å². The molecule has 0 saturated carbocycles. The van der Waals surface area contributed by atoms with Crippen molar-refractivity contribution in [3.63, 3.8) is 0 Å². The second-order valence-electron chi connectivity index (χ2n) is 1.61. The van der Waals surface area contributed by atoms with Gasteiger partial charge in [0.15, 0.2) is 0 Å². The fourth-order valence-corrected chi connectivity index (χ4v) is 0.379. The maximum atomic E-state index is 9.82. The molecule has 0 fully saturated rings. The lowest BCUT2D eigenvalue weighted by molar-refractivity contribution is -0.139. The summed E-state index contributed by atoms with van der Waals surface area (Å²) in [5, 5.41) is 24.6. The van der Waals surface area contributed by atoms with E-state index in [1.807, 2.05) is 0 Å². The Morgan fingerprint density at radius 3 is 2.56 bits per heavy atom. The number of hydrogen-bond acceptors (Lipinski definition) is 4. The first-order valence-electron chi connectivity index (χ1n) is 2.43. The van der Waals surface area contributed by atoms with Crippen molar-refractivity contribution in [1.29, 1.82) is 0 Å². The Labute approximate surface area is 51.9 Å². The van der Waals surface area contributed by atoms with Crippen molar-refractivity contribution < 1.29 is 20.2 Å². The molecular formula is C4H9NO4. The van der Waals surface area contributed by atoms with E-state index in [4.69, 9.17) is 15.4 Å². The molecule has 5 nitrogen and oxygen atoms in total. The summed E-state index contributed by atoms with van der Waals surface area (Å²) in [4.78, 5) is 9.82. The highest BCUT2D eigenvalue weighted by Crippen LogP contribution is 1.87. The fourth-order valence-electron chi connectivity index (χ4n) is 0.379. The summed E-state index contributed by atoms with van der Waals surface area (Å²) in [5.41, 5.74) is 1.66. The van der Waals surface area contributed by atoms with E-state index < -0.39 is 12.1 Å². The van der Waals surface area contributed by atoms with Crippen LogP contribution >= 0.6 is 0 Å². The van der Waals surface area contributed by atoms with Crippen LogP contribution in [0.5, 0.6) is 0 Å². The van der Waals surface area contributed by atoms with Gasteiger partial charge in [-0.15, -0.1) is 0 Å². The molecule has 9 heavy (non-hydrogen) atoms. The highest BCUT2D eigenvalue weighted by molar-refractivity contribution is 5.67. The minimum Gasteiger partial charge on any atom is -0.481 e. The van der Waals surface area contributed by atoms with Crippen molar-refractivity contribution in [2.24, 2.45) is 0 Å². The average molecular weight is 135 g/mol. The van der Waals surface area contributed by atoms with Crippen LogP contribution in [0.2, 0.25) is 0 Å². The topological polar surface area (TPSA) is 89.8 Å². The lowest BCUT2D eigenvalue weighted by Crippen LogP contribution is -2.26. The van der Waals surface area contributed by atoms with E-state index in [-0.39, 0.29) is 13.0 Å². The van der Waals surface area contributed by atoms with Crippen LogP contribution in [0.25, 0.3) is 0 Å². The van der Waals surface area contributed by atoms with Crippen molar-refractivity contribution in [3.05, 3.63) is 0 Å². The molecule has 0 aliphatic heterocycles. The Balaban J connectivity index is 3.26. The summed E-state index contributed by atoms with van der Waals surface area (Å²) in [6.07, 6.45) is -1.37. The number of aliphatic carboxylic acids is 1. The van der Waals surface area contributed by atoms with Gasteiger partial charge in [-0.3, -0.25) is 4.79 Å². The predicted octanol–water partition coefficient (Wildman–Crippen LogP) is -1.20. The van der Waals surface area contributed by atoms with Gasteiger partial charge in [-0.1, -0.05) is 0 Å². The van der Waals surface area contributed by atoms with Crippen molar-refractivity contribution in [2.75, 3.05) is 6.54 Å². The van der Waals surface area contributed by atoms with Gasteiger partial charge in [-0.05, 0) is 0 Å². The lowest BCUT2D eigenvalue weighted by atomic mass is 10.3. The molecule has 54 valence electrons. The van der Waals surface area contributed by atoms with Crippen LogP contribution < -0.4 is 5.48 Å². The van der Waals surface area contributed by atoms with Gasteiger partial charge in [-0.25, -0.2) is 5.48 Å². The maximum Gasteiger partial charge on any atom is 0.306 e. The quantitative estimate of drug-likeness (QED) is 0.363. The molecule has 0 aliphatic rings. The van der Waals surface area contributed by atoms with E-state index in [0.717, 1.165) is 0 Å². The lowest BCUT2D eigenvalue weighted by Gasteiger charge is -2.03. The molecule has 0 rings (SSSR count). The SMILES string of the molecule is O=C(O)CC(O)CNO. The van der Waals surface area contributed by atoms with Crippen molar-refractivity contribution in [3.8, 4) is 0 Å². The third-order valence-electron chi connectivity index (χ3n) is 0.737. The normalized spacial score (nSPS) is 13.1. The molecule has 5 heteroatoms. The van der Waals surface area contributed by atoms with Gasteiger partial charge < -0.3 is 15.4 Å². The molecule has 0 heterocycles. The summed E-state index contributed by atoms with van der Waals surface area (Å²) >= 11 is 0. The molecule has 0 saturated heterocycles. The maximum absolute atomic E-state index is 9.82. The molecule has 4 N–H and O–H groups in total. The third-order valence-corrected chi connectivity index (χ3v) is 0.737. The summed E-state index contributed by atoms with van der Waals surface area (Å²) in [7, 11) is 0. The number of carbonyl (C=O) groups is 1. The number of carboxylic acids is 1. The van der Waals surface area contributed by atoms with Crippen LogP contribution in [-0.2, 0) is 4.79 Å². The first-order chi connectivity index (χ1) is 4.16. The second-order valence-corrected chi connectivity index (χ2v) is 1.61. The zero-order valence-corrected chi connectivity index (χ0v) is 4.74. The zero-order chi connectivity index (χ0) is 7.28. The summed E-state index contributed by atoms with van der Waals surface area (Å²) in [5.74, 6) is -1.09. The monoisotopic (exact) mass is 135 g/mol. The Kier molecular flexibility index (Phi) is 3.94. The number of hydroxylamine groups is 1. The molecule has 0 aromatic rings. The fraction of sp³-hybridized carbons (Fsp3) is 0.750. The highest BCUT2D eigenvalue weighted by atomic mass is 16.5. The molecular weight excluding hydrogens is 126 g/mol. The molecule has 1 atom stereocenters. The van der Waals surface area contributed by atoms with Crippen LogP contribution in [0.4, 0.5) is 0 Å². The minimum atomic E-state index is -1.09. The first kappa shape index (κ1) is 8.35. The summed E-state index contributed by atoms with van der Waals surface area (Å²) in [6.45, 7) is -0.119. The Morgan fingerprint density at radius 2 is 2.22 bits per heavy atom. The molecule has 0 radical (unpaired) electrons. The largest absolute Gasteiger partial charge is 0.481 e. The van der Waals surface area contributed by atoms with Crippen LogP contribution in [0.3, 0.4) is 0 Å². The van der Waals surface area contributed by atoms with E-state index in [1.54, 1.807) is 5.48 Å². The van der Waals surface area contributed by atoms with Gasteiger partial charge in [0.25, 0.3) is 0 Å². The number of rotatable bonds is 4. The van der Waals surface area contributed by atoms with Gasteiger partial charge >= 0.3 is 5.97 Å². The average Bonchev–Trinajstić information content (AvgIpc) is 1.63. The van der Waals surface area contributed by atoms with Gasteiger partial charge in [0.2, 0.25) is 0 Å². The Bertz CT molecular complexity index is 94.6. The molecule has 0 amide bonds. The van der Waals surface area contributed by atoms with Crippen molar-refractivity contribution >= 4 is 5.97 Å². The number of nitrogens with one attached hydrogen (secondary N) is 1. The minimum absolute atomic E-state index is 0.119. The smallest absolute Gasteiger partial charge is 0.306 e. The van der Waals surface area contributed by atoms with Gasteiger partial charge in [-0.2, -0.15) is 0 Å². The molecule has 0 bridgehead atoms. The van der Waals surface area contributed by atoms with Crippen LogP contribution in [-0.4, -0.2) is 34.0 Å². The number of aliphatic hydroxyl groups excluding tert-OH is 1. The second kappa shape index (κ2) is 4.25. The molecule has 1 unspecified atom stereocenters. The van der Waals surface area contributed by atoms with E-state index >= 15 is 0 Å². The van der Waals surface area contributed by atoms with Gasteiger partial charge in [0.05, 0.1) is 12.5 Å². The summed E-state index contributed by atoms with van der Waals surface area (Å²) < 4.78 is 0. The Hall–Kier alpha value is -0.650. The number of aliphatic hydroxyl groups is 1.